The van der Waals surface area contributed by atoms with E-state index in [1.807, 2.05) is 38.1 Å². The van der Waals surface area contributed by atoms with Crippen LogP contribution in [0.4, 0.5) is 5.69 Å². The second-order valence-electron chi connectivity index (χ2n) is 3.98. The molecule has 0 saturated carbocycles. The summed E-state index contributed by atoms with van der Waals surface area (Å²) in [6.45, 7) is 4.02. The summed E-state index contributed by atoms with van der Waals surface area (Å²) in [7, 11) is 0. The summed E-state index contributed by atoms with van der Waals surface area (Å²) in [5.41, 5.74) is 3.04. The maximum Gasteiger partial charge on any atom is 0.265 e. The van der Waals surface area contributed by atoms with Gasteiger partial charge in [0.15, 0.2) is 0 Å². The van der Waals surface area contributed by atoms with E-state index in [1.165, 1.54) is 11.3 Å². The number of thiophene rings is 1. The highest BCUT2D eigenvalue weighted by Gasteiger charge is 2.10. The summed E-state index contributed by atoms with van der Waals surface area (Å²) in [5, 5.41) is 2.91. The number of aryl methyl sites for hydroxylation is 2. The third-order valence-corrected chi connectivity index (χ3v) is 5.36. The van der Waals surface area contributed by atoms with Crippen LogP contribution in [0.1, 0.15) is 20.8 Å². The quantitative estimate of drug-likeness (QED) is 0.757. The van der Waals surface area contributed by atoms with Gasteiger partial charge in [-0.3, -0.25) is 4.79 Å². The van der Waals surface area contributed by atoms with Gasteiger partial charge in [0, 0.05) is 10.2 Å². The fourth-order valence-electron chi connectivity index (χ4n) is 1.65. The predicted octanol–water partition coefficient (Wildman–Crippen LogP) is 5.14. The summed E-state index contributed by atoms with van der Waals surface area (Å²) in [5.74, 6) is -0.0770. The minimum absolute atomic E-state index is 0.0770. The topological polar surface area (TPSA) is 29.1 Å². The van der Waals surface area contributed by atoms with Crippen LogP contribution >= 0.6 is 43.2 Å². The molecule has 1 heterocycles. The molecule has 0 unspecified atom stereocenters. The van der Waals surface area contributed by atoms with Crippen LogP contribution in [0.25, 0.3) is 0 Å². The largest absolute Gasteiger partial charge is 0.321 e. The third kappa shape index (κ3) is 3.02. The number of anilines is 1. The molecular formula is C13H11Br2NOS. The molecule has 0 saturated heterocycles. The molecule has 94 valence electrons. The molecule has 18 heavy (non-hydrogen) atoms. The lowest BCUT2D eigenvalue weighted by atomic mass is 10.1. The Bertz CT molecular complexity index is 584. The molecule has 0 radical (unpaired) electrons. The Hall–Kier alpha value is -0.650. The van der Waals surface area contributed by atoms with Gasteiger partial charge >= 0.3 is 0 Å². The summed E-state index contributed by atoms with van der Waals surface area (Å²) in [4.78, 5) is 12.7. The molecule has 0 atom stereocenters. The molecule has 2 nitrogen and oxygen atoms in total. The third-order valence-electron chi connectivity index (χ3n) is 2.49. The monoisotopic (exact) mass is 387 g/mol. The molecule has 0 spiro atoms. The van der Waals surface area contributed by atoms with Crippen molar-refractivity contribution in [2.45, 2.75) is 13.8 Å². The Kier molecular flexibility index (Phi) is 4.25. The van der Waals surface area contributed by atoms with E-state index >= 15 is 0 Å². The van der Waals surface area contributed by atoms with Crippen LogP contribution in [-0.4, -0.2) is 5.91 Å². The van der Waals surface area contributed by atoms with Crippen LogP contribution < -0.4 is 5.32 Å². The Morgan fingerprint density at radius 3 is 2.28 bits per heavy atom. The summed E-state index contributed by atoms with van der Waals surface area (Å²) in [6, 6.07) is 7.59. The van der Waals surface area contributed by atoms with Crippen LogP contribution in [0.15, 0.2) is 32.5 Å². The molecule has 0 aliphatic heterocycles. The van der Waals surface area contributed by atoms with Gasteiger partial charge in [-0.1, -0.05) is 15.9 Å². The van der Waals surface area contributed by atoms with Crippen molar-refractivity contribution in [2.24, 2.45) is 0 Å². The number of rotatable bonds is 2. The zero-order valence-corrected chi connectivity index (χ0v) is 13.9. The standard InChI is InChI=1S/C13H11Br2NOS/c1-7-5-9(6-8(2)12(7)15)16-13(17)10-3-4-11(14)18-10/h3-6H,1-2H3,(H,16,17). The highest BCUT2D eigenvalue weighted by Crippen LogP contribution is 2.26. The molecule has 1 amide bonds. The highest BCUT2D eigenvalue weighted by atomic mass is 79.9. The number of amides is 1. The van der Waals surface area contributed by atoms with Crippen molar-refractivity contribution in [2.75, 3.05) is 5.32 Å². The molecule has 2 aromatic rings. The maximum absolute atomic E-state index is 12.0. The van der Waals surface area contributed by atoms with Crippen LogP contribution in [0.5, 0.6) is 0 Å². The second kappa shape index (κ2) is 5.55. The summed E-state index contributed by atoms with van der Waals surface area (Å²) in [6.07, 6.45) is 0. The van der Waals surface area contributed by atoms with Crippen molar-refractivity contribution >= 4 is 54.8 Å². The molecular weight excluding hydrogens is 378 g/mol. The van der Waals surface area contributed by atoms with E-state index in [2.05, 4.69) is 37.2 Å². The molecule has 0 fully saturated rings. The predicted molar refractivity (Wildman–Crippen MR) is 83.6 cm³/mol. The molecule has 0 aliphatic rings. The van der Waals surface area contributed by atoms with Gasteiger partial charge < -0.3 is 5.32 Å². The lowest BCUT2D eigenvalue weighted by molar-refractivity contribution is 0.103. The number of benzene rings is 1. The van der Waals surface area contributed by atoms with Gasteiger partial charge in [-0.05, 0) is 65.2 Å². The first kappa shape index (κ1) is 13.8. The molecule has 1 aromatic carbocycles. The number of hydrogen-bond donors (Lipinski definition) is 1. The molecule has 5 heteroatoms. The van der Waals surface area contributed by atoms with Gasteiger partial charge in [0.2, 0.25) is 0 Å². The number of carbonyl (C=O) groups is 1. The average molecular weight is 389 g/mol. The number of nitrogens with one attached hydrogen (secondary N) is 1. The Balaban J connectivity index is 2.22. The normalized spacial score (nSPS) is 10.4. The lowest BCUT2D eigenvalue weighted by Gasteiger charge is -2.08. The van der Waals surface area contributed by atoms with Crippen molar-refractivity contribution in [1.82, 2.24) is 0 Å². The van der Waals surface area contributed by atoms with Crippen LogP contribution in [0, 0.1) is 13.8 Å². The van der Waals surface area contributed by atoms with Crippen LogP contribution in [0.3, 0.4) is 0 Å². The van der Waals surface area contributed by atoms with E-state index in [0.717, 1.165) is 25.1 Å². The maximum atomic E-state index is 12.0. The Labute approximate surface area is 127 Å². The fourth-order valence-corrected chi connectivity index (χ4v) is 3.16. The SMILES string of the molecule is Cc1cc(NC(=O)c2ccc(Br)s2)cc(C)c1Br. The van der Waals surface area contributed by atoms with E-state index in [1.54, 1.807) is 0 Å². The Morgan fingerprint density at radius 1 is 1.17 bits per heavy atom. The summed E-state index contributed by atoms with van der Waals surface area (Å²) >= 11 is 8.28. The van der Waals surface area contributed by atoms with Crippen molar-refractivity contribution < 1.29 is 4.79 Å². The minimum Gasteiger partial charge on any atom is -0.321 e. The number of hydrogen-bond acceptors (Lipinski definition) is 2. The number of carbonyl (C=O) groups excluding carboxylic acids is 1. The van der Waals surface area contributed by atoms with E-state index < -0.39 is 0 Å². The molecule has 0 bridgehead atoms. The Morgan fingerprint density at radius 2 is 1.78 bits per heavy atom. The van der Waals surface area contributed by atoms with Gasteiger partial charge in [-0.2, -0.15) is 0 Å². The average Bonchev–Trinajstić information content (AvgIpc) is 2.72. The minimum atomic E-state index is -0.0770. The first-order chi connectivity index (χ1) is 8.47. The molecule has 1 N–H and O–H groups in total. The highest BCUT2D eigenvalue weighted by molar-refractivity contribution is 9.11. The van der Waals surface area contributed by atoms with Gasteiger partial charge in [0.05, 0.1) is 8.66 Å². The van der Waals surface area contributed by atoms with Crippen molar-refractivity contribution in [1.29, 1.82) is 0 Å². The van der Waals surface area contributed by atoms with Crippen LogP contribution in [0.2, 0.25) is 0 Å². The van der Waals surface area contributed by atoms with Gasteiger partial charge in [0.25, 0.3) is 5.91 Å². The van der Waals surface area contributed by atoms with E-state index in [0.29, 0.717) is 4.88 Å². The smallest absolute Gasteiger partial charge is 0.265 e. The molecule has 0 aliphatic carbocycles. The van der Waals surface area contributed by atoms with Crippen LogP contribution in [-0.2, 0) is 0 Å². The first-order valence-electron chi connectivity index (χ1n) is 5.31. The van der Waals surface area contributed by atoms with Crippen molar-refractivity contribution in [3.05, 3.63) is 48.5 Å². The zero-order valence-electron chi connectivity index (χ0n) is 9.88. The second-order valence-corrected chi connectivity index (χ2v) is 7.24. The first-order valence-corrected chi connectivity index (χ1v) is 7.71. The zero-order chi connectivity index (χ0) is 13.3. The summed E-state index contributed by atoms with van der Waals surface area (Å²) < 4.78 is 2.04. The van der Waals surface area contributed by atoms with Crippen molar-refractivity contribution in [3.63, 3.8) is 0 Å². The molecule has 2 rings (SSSR count). The fraction of sp³-hybridized carbons (Fsp3) is 0.154. The van der Waals surface area contributed by atoms with Gasteiger partial charge in [0.1, 0.15) is 0 Å². The number of halogens is 2. The van der Waals surface area contributed by atoms with Gasteiger partial charge in [-0.15, -0.1) is 11.3 Å². The van der Waals surface area contributed by atoms with E-state index in [4.69, 9.17) is 0 Å². The lowest BCUT2D eigenvalue weighted by Crippen LogP contribution is -2.10. The van der Waals surface area contributed by atoms with Crippen molar-refractivity contribution in [3.8, 4) is 0 Å². The molecule has 1 aromatic heterocycles. The van der Waals surface area contributed by atoms with Gasteiger partial charge in [-0.25, -0.2) is 0 Å². The van der Waals surface area contributed by atoms with E-state index in [9.17, 15) is 4.79 Å². The van der Waals surface area contributed by atoms with E-state index in [-0.39, 0.29) is 5.91 Å².